The van der Waals surface area contributed by atoms with Crippen molar-refractivity contribution in [1.82, 2.24) is 4.90 Å². The van der Waals surface area contributed by atoms with Gasteiger partial charge in [-0.15, -0.1) is 0 Å². The molecule has 0 aliphatic carbocycles. The number of non-ortho nitro benzene ring substituents is 1. The van der Waals surface area contributed by atoms with Crippen LogP contribution >= 0.6 is 0 Å². The van der Waals surface area contributed by atoms with Crippen LogP contribution in [0.15, 0.2) is 81.8 Å². The number of benzene rings is 2. The van der Waals surface area contributed by atoms with Crippen molar-refractivity contribution in [3.05, 3.63) is 98.8 Å². The molecule has 9 heteroatoms. The SMILES string of the molecule is COc1ccc(CN2C(=O)C(C#N)=C(C)/C(=C\c3ccc(-c4ccc([N+](=O)[O-])cc4)o3)C2=O)cc1. The zero-order valence-electron chi connectivity index (χ0n) is 18.8. The number of nitriles is 1. The zero-order valence-corrected chi connectivity index (χ0v) is 18.8. The largest absolute Gasteiger partial charge is 0.497 e. The van der Waals surface area contributed by atoms with Crippen LogP contribution in [0.4, 0.5) is 5.69 Å². The smallest absolute Gasteiger partial charge is 0.271 e. The number of methoxy groups -OCH3 is 1. The molecule has 0 saturated carbocycles. The third-order valence-electron chi connectivity index (χ3n) is 5.60. The molecule has 0 bridgehead atoms. The Morgan fingerprint density at radius 1 is 1.06 bits per heavy atom. The molecular weight excluding hydrogens is 450 g/mol. The number of imide groups is 1. The van der Waals surface area contributed by atoms with E-state index in [0.717, 1.165) is 4.90 Å². The van der Waals surface area contributed by atoms with E-state index in [0.29, 0.717) is 28.4 Å². The van der Waals surface area contributed by atoms with Gasteiger partial charge in [0.15, 0.2) is 0 Å². The van der Waals surface area contributed by atoms with Crippen LogP contribution in [0.5, 0.6) is 5.75 Å². The third kappa shape index (κ3) is 4.58. The molecule has 3 aromatic rings. The first kappa shape index (κ1) is 23.2. The number of carbonyl (C=O) groups excluding carboxylic acids is 2. The average Bonchev–Trinajstić information content (AvgIpc) is 3.34. The third-order valence-corrected chi connectivity index (χ3v) is 5.60. The molecule has 0 spiro atoms. The van der Waals surface area contributed by atoms with Crippen molar-refractivity contribution in [3.63, 3.8) is 0 Å². The second kappa shape index (κ2) is 9.49. The van der Waals surface area contributed by atoms with Crippen LogP contribution in [0, 0.1) is 21.4 Å². The molecule has 0 radical (unpaired) electrons. The van der Waals surface area contributed by atoms with Crippen LogP contribution in [-0.4, -0.2) is 28.7 Å². The quantitative estimate of drug-likeness (QED) is 0.222. The molecule has 0 N–H and O–H groups in total. The maximum Gasteiger partial charge on any atom is 0.271 e. The van der Waals surface area contributed by atoms with Crippen LogP contribution in [0.1, 0.15) is 18.2 Å². The minimum atomic E-state index is -0.658. The van der Waals surface area contributed by atoms with Gasteiger partial charge in [-0.3, -0.25) is 24.6 Å². The molecule has 1 aliphatic heterocycles. The van der Waals surface area contributed by atoms with Gasteiger partial charge < -0.3 is 9.15 Å². The molecule has 2 heterocycles. The van der Waals surface area contributed by atoms with Gasteiger partial charge in [-0.05, 0) is 60.5 Å². The average molecular weight is 469 g/mol. The Morgan fingerprint density at radius 2 is 1.74 bits per heavy atom. The Balaban J connectivity index is 1.66. The van der Waals surface area contributed by atoms with E-state index in [1.54, 1.807) is 55.5 Å². The molecule has 0 saturated heterocycles. The maximum absolute atomic E-state index is 13.3. The lowest BCUT2D eigenvalue weighted by Crippen LogP contribution is -2.42. The summed E-state index contributed by atoms with van der Waals surface area (Å²) in [6.45, 7) is 1.54. The topological polar surface area (TPSA) is 127 Å². The summed E-state index contributed by atoms with van der Waals surface area (Å²) >= 11 is 0. The molecule has 0 atom stereocenters. The Kier molecular flexibility index (Phi) is 6.29. The number of hydrogen-bond donors (Lipinski definition) is 0. The highest BCUT2D eigenvalue weighted by Gasteiger charge is 2.35. The van der Waals surface area contributed by atoms with Crippen molar-refractivity contribution in [1.29, 1.82) is 5.26 Å². The number of rotatable bonds is 6. The van der Waals surface area contributed by atoms with Gasteiger partial charge in [0.25, 0.3) is 17.5 Å². The number of nitrogens with zero attached hydrogens (tertiary/aromatic N) is 3. The lowest BCUT2D eigenvalue weighted by Gasteiger charge is -2.27. The predicted molar refractivity (Wildman–Crippen MR) is 126 cm³/mol. The van der Waals surface area contributed by atoms with E-state index in [9.17, 15) is 25.0 Å². The number of nitro benzene ring substituents is 1. The Morgan fingerprint density at radius 3 is 2.34 bits per heavy atom. The fourth-order valence-electron chi connectivity index (χ4n) is 3.66. The summed E-state index contributed by atoms with van der Waals surface area (Å²) in [6, 6.07) is 18.0. The van der Waals surface area contributed by atoms with Crippen LogP contribution in [0.2, 0.25) is 0 Å². The van der Waals surface area contributed by atoms with E-state index in [1.165, 1.54) is 25.3 Å². The maximum atomic E-state index is 13.3. The van der Waals surface area contributed by atoms with Gasteiger partial charge in [0, 0.05) is 23.3 Å². The Labute approximate surface area is 200 Å². The number of amides is 2. The highest BCUT2D eigenvalue weighted by molar-refractivity contribution is 6.19. The summed E-state index contributed by atoms with van der Waals surface area (Å²) in [5.41, 5.74) is 1.59. The van der Waals surface area contributed by atoms with Crippen molar-refractivity contribution in [2.45, 2.75) is 13.5 Å². The fraction of sp³-hybridized carbons (Fsp3) is 0.115. The van der Waals surface area contributed by atoms with Gasteiger partial charge in [-0.1, -0.05) is 12.1 Å². The summed E-state index contributed by atoms with van der Waals surface area (Å²) in [6.07, 6.45) is 1.48. The molecule has 4 rings (SSSR count). The number of nitro groups is 1. The van der Waals surface area contributed by atoms with Gasteiger partial charge in [-0.2, -0.15) is 5.26 Å². The summed E-state index contributed by atoms with van der Waals surface area (Å²) in [7, 11) is 1.54. The van der Waals surface area contributed by atoms with E-state index in [2.05, 4.69) is 0 Å². The first-order valence-corrected chi connectivity index (χ1v) is 10.5. The van der Waals surface area contributed by atoms with Crippen molar-refractivity contribution in [2.75, 3.05) is 7.11 Å². The Hall–Kier alpha value is -4.97. The van der Waals surface area contributed by atoms with Crippen molar-refractivity contribution >= 4 is 23.6 Å². The predicted octanol–water partition coefficient (Wildman–Crippen LogP) is 4.66. The normalized spacial score (nSPS) is 14.9. The van der Waals surface area contributed by atoms with Crippen LogP contribution in [0.25, 0.3) is 17.4 Å². The van der Waals surface area contributed by atoms with Gasteiger partial charge in [0.05, 0.1) is 18.6 Å². The molecule has 1 aliphatic rings. The van der Waals surface area contributed by atoms with E-state index in [-0.39, 0.29) is 29.0 Å². The molecule has 2 amide bonds. The number of hydrogen-bond acceptors (Lipinski definition) is 7. The lowest BCUT2D eigenvalue weighted by atomic mass is 9.94. The van der Waals surface area contributed by atoms with Crippen LogP contribution in [-0.2, 0) is 16.1 Å². The van der Waals surface area contributed by atoms with Gasteiger partial charge in [0.1, 0.15) is 28.9 Å². The van der Waals surface area contributed by atoms with Crippen LogP contribution < -0.4 is 4.74 Å². The minimum Gasteiger partial charge on any atom is -0.497 e. The molecule has 1 aromatic heterocycles. The van der Waals surface area contributed by atoms with Crippen molar-refractivity contribution in [2.24, 2.45) is 0 Å². The number of furan rings is 1. The summed E-state index contributed by atoms with van der Waals surface area (Å²) in [5.74, 6) is 0.214. The molecule has 35 heavy (non-hydrogen) atoms. The van der Waals surface area contributed by atoms with E-state index < -0.39 is 16.7 Å². The van der Waals surface area contributed by atoms with Crippen molar-refractivity contribution < 1.29 is 23.7 Å². The Bertz CT molecular complexity index is 1420. The van der Waals surface area contributed by atoms with E-state index in [1.807, 2.05) is 6.07 Å². The second-order valence-corrected chi connectivity index (χ2v) is 7.72. The van der Waals surface area contributed by atoms with E-state index in [4.69, 9.17) is 9.15 Å². The number of carbonyl (C=O) groups is 2. The molecule has 174 valence electrons. The minimum absolute atomic E-state index is 0.0103. The fourth-order valence-corrected chi connectivity index (χ4v) is 3.66. The number of ether oxygens (including phenoxy) is 1. The molecule has 0 fully saturated rings. The van der Waals surface area contributed by atoms with Gasteiger partial charge >= 0.3 is 0 Å². The monoisotopic (exact) mass is 469 g/mol. The summed E-state index contributed by atoms with van der Waals surface area (Å²) in [4.78, 5) is 37.6. The highest BCUT2D eigenvalue weighted by atomic mass is 16.6. The molecule has 2 aromatic carbocycles. The first-order valence-electron chi connectivity index (χ1n) is 10.5. The summed E-state index contributed by atoms with van der Waals surface area (Å²) < 4.78 is 11.0. The second-order valence-electron chi connectivity index (χ2n) is 7.72. The van der Waals surface area contributed by atoms with Crippen LogP contribution in [0.3, 0.4) is 0 Å². The molecule has 9 nitrogen and oxygen atoms in total. The standard InChI is InChI=1S/C26H19N3O6/c1-16-22(13-21-11-12-24(35-21)18-5-7-19(8-6-18)29(32)33)25(30)28(26(31)23(16)14-27)15-17-3-9-20(34-2)10-4-17/h3-13H,15H2,1-2H3/b22-13+. The zero-order chi connectivity index (χ0) is 25.1. The van der Waals surface area contributed by atoms with Crippen molar-refractivity contribution in [3.8, 4) is 23.1 Å². The highest BCUT2D eigenvalue weighted by Crippen LogP contribution is 2.30. The van der Waals surface area contributed by atoms with E-state index >= 15 is 0 Å². The van der Waals surface area contributed by atoms with Gasteiger partial charge in [0.2, 0.25) is 0 Å². The first-order chi connectivity index (χ1) is 16.8. The lowest BCUT2D eigenvalue weighted by molar-refractivity contribution is -0.384. The summed E-state index contributed by atoms with van der Waals surface area (Å²) in [5, 5.41) is 20.4. The molecule has 0 unspecified atom stereocenters. The van der Waals surface area contributed by atoms with Gasteiger partial charge in [-0.25, -0.2) is 0 Å². The molecular formula is C26H19N3O6.